The van der Waals surface area contributed by atoms with Crippen LogP contribution in [0.25, 0.3) is 16.3 Å². The van der Waals surface area contributed by atoms with Gasteiger partial charge in [-0.25, -0.2) is 9.48 Å². The predicted molar refractivity (Wildman–Crippen MR) is 122 cm³/mol. The van der Waals surface area contributed by atoms with Crippen molar-refractivity contribution in [3.05, 3.63) is 56.5 Å². The van der Waals surface area contributed by atoms with Gasteiger partial charge in [0.1, 0.15) is 0 Å². The number of thiophene rings is 1. The maximum absolute atomic E-state index is 11.7. The second kappa shape index (κ2) is 8.85. The average Bonchev–Trinajstić information content (AvgIpc) is 3.31. The van der Waals surface area contributed by atoms with Gasteiger partial charge in [-0.1, -0.05) is 54.3 Å². The third-order valence-corrected chi connectivity index (χ3v) is 6.85. The van der Waals surface area contributed by atoms with E-state index in [1.807, 2.05) is 12.1 Å². The Bertz CT molecular complexity index is 1160. The smallest absolute Gasteiger partial charge is 0.356 e. The molecule has 0 spiro atoms. The minimum absolute atomic E-state index is 0.000688. The van der Waals surface area contributed by atoms with E-state index in [0.717, 1.165) is 9.75 Å². The van der Waals surface area contributed by atoms with E-state index < -0.39 is 5.97 Å². The van der Waals surface area contributed by atoms with Gasteiger partial charge in [-0.2, -0.15) is 5.10 Å². The fraction of sp³-hybridized carbons (Fsp3) is 0.304. The van der Waals surface area contributed by atoms with Gasteiger partial charge in [0.2, 0.25) is 0 Å². The molecular formula is C23H20Cl2N2O2S. The lowest BCUT2D eigenvalue weighted by Crippen LogP contribution is -2.02. The number of hydrogen-bond donors (Lipinski definition) is 1. The van der Waals surface area contributed by atoms with E-state index in [-0.39, 0.29) is 5.69 Å². The summed E-state index contributed by atoms with van der Waals surface area (Å²) in [6.45, 7) is 1.76. The van der Waals surface area contributed by atoms with E-state index >= 15 is 0 Å². The van der Waals surface area contributed by atoms with E-state index in [9.17, 15) is 9.90 Å². The van der Waals surface area contributed by atoms with Crippen LogP contribution in [0.2, 0.25) is 10.0 Å². The van der Waals surface area contributed by atoms with Crippen molar-refractivity contribution in [1.82, 2.24) is 9.78 Å². The Morgan fingerprint density at radius 3 is 2.67 bits per heavy atom. The Hall–Kier alpha value is -2.26. The molecule has 1 saturated carbocycles. The maximum Gasteiger partial charge on any atom is 0.356 e. The van der Waals surface area contributed by atoms with Crippen molar-refractivity contribution < 1.29 is 9.90 Å². The van der Waals surface area contributed by atoms with Gasteiger partial charge in [0.15, 0.2) is 5.69 Å². The van der Waals surface area contributed by atoms with Crippen LogP contribution in [0.5, 0.6) is 0 Å². The summed E-state index contributed by atoms with van der Waals surface area (Å²) in [5.41, 5.74) is 1.86. The third-order valence-electron chi connectivity index (χ3n) is 5.31. The lowest BCUT2D eigenvalue weighted by Gasteiger charge is -2.15. The van der Waals surface area contributed by atoms with Crippen LogP contribution < -0.4 is 0 Å². The number of aromatic nitrogens is 2. The summed E-state index contributed by atoms with van der Waals surface area (Å²) in [6.07, 6.45) is 6.17. The summed E-state index contributed by atoms with van der Waals surface area (Å²) in [6, 6.07) is 9.01. The normalized spacial score (nSPS) is 14.4. The first kappa shape index (κ1) is 21.0. The lowest BCUT2D eigenvalue weighted by atomic mass is 9.90. The standard InChI is InChI=1S/C23H20Cl2N2O2S/c1-14-21(23(28)29)26-27(19-11-8-16(24)13-18(19)25)22(14)20-12-10-17(30-20)9-7-15-5-3-2-4-6-15/h8,10-13,15H,2-6H2,1H3,(H,28,29). The first-order valence-corrected chi connectivity index (χ1v) is 11.4. The maximum atomic E-state index is 11.7. The van der Waals surface area contributed by atoms with Crippen LogP contribution in [0.3, 0.4) is 0 Å². The van der Waals surface area contributed by atoms with Crippen molar-refractivity contribution >= 4 is 40.5 Å². The van der Waals surface area contributed by atoms with Crippen molar-refractivity contribution in [2.75, 3.05) is 0 Å². The average molecular weight is 459 g/mol. The molecule has 0 atom stereocenters. The molecule has 0 unspecified atom stereocenters. The molecule has 0 amide bonds. The number of nitrogens with zero attached hydrogens (tertiary/aromatic N) is 2. The highest BCUT2D eigenvalue weighted by Crippen LogP contribution is 2.36. The summed E-state index contributed by atoms with van der Waals surface area (Å²) < 4.78 is 1.58. The van der Waals surface area contributed by atoms with E-state index in [1.54, 1.807) is 29.8 Å². The second-order valence-electron chi connectivity index (χ2n) is 7.40. The zero-order valence-electron chi connectivity index (χ0n) is 16.4. The van der Waals surface area contributed by atoms with Crippen LogP contribution in [-0.2, 0) is 0 Å². The van der Waals surface area contributed by atoms with Gasteiger partial charge in [0, 0.05) is 16.5 Å². The van der Waals surface area contributed by atoms with Gasteiger partial charge in [-0.3, -0.25) is 0 Å². The van der Waals surface area contributed by atoms with E-state index in [1.165, 1.54) is 43.4 Å². The van der Waals surface area contributed by atoms with Gasteiger partial charge < -0.3 is 5.11 Å². The molecule has 1 fully saturated rings. The summed E-state index contributed by atoms with van der Waals surface area (Å²) >= 11 is 14.0. The minimum Gasteiger partial charge on any atom is -0.476 e. The van der Waals surface area contributed by atoms with Gasteiger partial charge in [-0.15, -0.1) is 11.3 Å². The monoisotopic (exact) mass is 458 g/mol. The highest BCUT2D eigenvalue weighted by atomic mass is 35.5. The van der Waals surface area contributed by atoms with Crippen LogP contribution in [-0.4, -0.2) is 20.9 Å². The first-order chi connectivity index (χ1) is 14.4. The number of halogens is 2. The van der Waals surface area contributed by atoms with Crippen molar-refractivity contribution in [3.8, 4) is 28.1 Å². The molecule has 2 heterocycles. The number of carboxylic acids is 1. The zero-order valence-corrected chi connectivity index (χ0v) is 18.7. The number of rotatable bonds is 3. The molecule has 0 radical (unpaired) electrons. The van der Waals surface area contributed by atoms with Gasteiger partial charge in [0.05, 0.1) is 26.2 Å². The van der Waals surface area contributed by atoms with Crippen LogP contribution in [0.15, 0.2) is 30.3 Å². The van der Waals surface area contributed by atoms with Crippen molar-refractivity contribution in [3.63, 3.8) is 0 Å². The topological polar surface area (TPSA) is 55.1 Å². The number of carbonyl (C=O) groups is 1. The highest BCUT2D eigenvalue weighted by Gasteiger charge is 2.23. The zero-order chi connectivity index (χ0) is 21.3. The molecule has 30 heavy (non-hydrogen) atoms. The Kier molecular flexibility index (Phi) is 6.19. The van der Waals surface area contributed by atoms with Crippen LogP contribution in [0, 0.1) is 24.7 Å². The molecule has 1 aliphatic carbocycles. The molecule has 0 aliphatic heterocycles. The molecule has 1 aliphatic rings. The van der Waals surface area contributed by atoms with Crippen molar-refractivity contribution in [2.45, 2.75) is 39.0 Å². The largest absolute Gasteiger partial charge is 0.476 e. The summed E-state index contributed by atoms with van der Waals surface area (Å²) in [7, 11) is 0. The number of benzene rings is 1. The molecule has 0 bridgehead atoms. The Labute approximate surface area is 189 Å². The van der Waals surface area contributed by atoms with Crippen molar-refractivity contribution in [1.29, 1.82) is 0 Å². The molecule has 0 saturated heterocycles. The second-order valence-corrected chi connectivity index (χ2v) is 9.33. The molecule has 4 nitrogen and oxygen atoms in total. The van der Waals surface area contributed by atoms with Gasteiger partial charge >= 0.3 is 5.97 Å². The SMILES string of the molecule is Cc1c(C(=O)O)nn(-c2ccc(Cl)cc2Cl)c1-c1ccc(C#CC2CCCCC2)s1. The number of carboxylic acid groups (broad SMARTS) is 1. The van der Waals surface area contributed by atoms with Crippen LogP contribution in [0.4, 0.5) is 0 Å². The minimum atomic E-state index is -1.08. The van der Waals surface area contributed by atoms with E-state index in [4.69, 9.17) is 23.2 Å². The first-order valence-electron chi connectivity index (χ1n) is 9.84. The van der Waals surface area contributed by atoms with Crippen LogP contribution in [0.1, 0.15) is 53.0 Å². The molecule has 154 valence electrons. The molecular weight excluding hydrogens is 439 g/mol. The van der Waals surface area contributed by atoms with Crippen LogP contribution >= 0.6 is 34.5 Å². The molecule has 1 N–H and O–H groups in total. The van der Waals surface area contributed by atoms with Gasteiger partial charge in [-0.05, 0) is 50.1 Å². The summed E-state index contributed by atoms with van der Waals surface area (Å²) in [5, 5.41) is 14.8. The summed E-state index contributed by atoms with van der Waals surface area (Å²) in [5.74, 6) is 6.12. The Balaban J connectivity index is 1.76. The fourth-order valence-corrected chi connectivity index (χ4v) is 5.21. The molecule has 2 aromatic heterocycles. The van der Waals surface area contributed by atoms with Gasteiger partial charge in [0.25, 0.3) is 0 Å². The Morgan fingerprint density at radius 1 is 1.20 bits per heavy atom. The molecule has 7 heteroatoms. The van der Waals surface area contributed by atoms with E-state index in [2.05, 4.69) is 16.9 Å². The fourth-order valence-electron chi connectivity index (χ4n) is 3.77. The molecule has 3 aromatic rings. The number of hydrogen-bond acceptors (Lipinski definition) is 3. The molecule has 1 aromatic carbocycles. The third kappa shape index (κ3) is 4.27. The molecule has 4 rings (SSSR count). The lowest BCUT2D eigenvalue weighted by molar-refractivity contribution is 0.0689. The quantitative estimate of drug-likeness (QED) is 0.436. The van der Waals surface area contributed by atoms with E-state index in [0.29, 0.717) is 32.9 Å². The highest BCUT2D eigenvalue weighted by molar-refractivity contribution is 7.16. The summed E-state index contributed by atoms with van der Waals surface area (Å²) in [4.78, 5) is 13.6. The predicted octanol–water partition coefficient (Wildman–Crippen LogP) is 6.85. The number of aromatic carboxylic acids is 1. The Morgan fingerprint density at radius 2 is 1.97 bits per heavy atom. The van der Waals surface area contributed by atoms with Crippen molar-refractivity contribution in [2.24, 2.45) is 5.92 Å².